The van der Waals surface area contributed by atoms with Crippen LogP contribution in [0.15, 0.2) is 58.4 Å². The molecule has 25 heavy (non-hydrogen) atoms. The molecule has 1 unspecified atom stereocenters. The first kappa shape index (κ1) is 17.7. The lowest BCUT2D eigenvalue weighted by molar-refractivity contribution is -0.128. The Hall–Kier alpha value is -2.09. The fourth-order valence-electron chi connectivity index (χ4n) is 2.69. The highest BCUT2D eigenvalue weighted by molar-refractivity contribution is 9.10. The minimum atomic E-state index is -0.408. The smallest absolute Gasteiger partial charge is 0.262 e. The molecule has 0 spiro atoms. The van der Waals surface area contributed by atoms with E-state index in [1.807, 2.05) is 36.4 Å². The van der Waals surface area contributed by atoms with Crippen molar-refractivity contribution in [3.8, 4) is 0 Å². The Labute approximate surface area is 155 Å². The van der Waals surface area contributed by atoms with Crippen LogP contribution in [-0.2, 0) is 9.53 Å². The molecule has 2 aromatic rings. The molecule has 1 N–H and O–H groups in total. The molecule has 130 valence electrons. The maximum absolute atomic E-state index is 12.8. The molecule has 0 radical (unpaired) electrons. The van der Waals surface area contributed by atoms with Gasteiger partial charge in [0.1, 0.15) is 6.04 Å². The van der Waals surface area contributed by atoms with Crippen LogP contribution in [0.3, 0.4) is 0 Å². The lowest BCUT2D eigenvalue weighted by Crippen LogP contribution is -2.44. The van der Waals surface area contributed by atoms with Gasteiger partial charge >= 0.3 is 0 Å². The zero-order valence-corrected chi connectivity index (χ0v) is 15.2. The Morgan fingerprint density at radius 3 is 2.56 bits per heavy atom. The number of hydrogen-bond donors (Lipinski definition) is 1. The summed E-state index contributed by atoms with van der Waals surface area (Å²) in [6.07, 6.45) is 5.02. The van der Waals surface area contributed by atoms with Crippen molar-refractivity contribution in [2.75, 3.05) is 26.3 Å². The molecule has 0 bridgehead atoms. The molecule has 7 heteroatoms. The fourth-order valence-corrected chi connectivity index (χ4v) is 2.95. The van der Waals surface area contributed by atoms with Crippen molar-refractivity contribution in [2.45, 2.75) is 6.04 Å². The summed E-state index contributed by atoms with van der Waals surface area (Å²) in [5, 5.41) is 4.10. The van der Waals surface area contributed by atoms with E-state index in [-0.39, 0.29) is 5.91 Å². The SMILES string of the molecule is O=C(NN=Cc1ccc(Br)cc1)C(c1ccncc1)N1CCOCC1. The molecule has 6 nitrogen and oxygen atoms in total. The monoisotopic (exact) mass is 402 g/mol. The first-order chi connectivity index (χ1) is 12.2. The van der Waals surface area contributed by atoms with E-state index in [2.05, 4.69) is 36.3 Å². The third-order valence-corrected chi connectivity index (χ3v) is 4.47. The van der Waals surface area contributed by atoms with Crippen LogP contribution in [0, 0.1) is 0 Å². The third kappa shape index (κ3) is 4.94. The summed E-state index contributed by atoms with van der Waals surface area (Å²) >= 11 is 3.39. The lowest BCUT2D eigenvalue weighted by atomic mass is 10.1. The molecule has 2 heterocycles. The lowest BCUT2D eigenvalue weighted by Gasteiger charge is -2.33. The highest BCUT2D eigenvalue weighted by atomic mass is 79.9. The molecule has 1 saturated heterocycles. The predicted molar refractivity (Wildman–Crippen MR) is 99.2 cm³/mol. The van der Waals surface area contributed by atoms with Gasteiger partial charge in [-0.15, -0.1) is 0 Å². The van der Waals surface area contributed by atoms with E-state index in [1.54, 1.807) is 18.6 Å². The number of aromatic nitrogens is 1. The van der Waals surface area contributed by atoms with Crippen molar-refractivity contribution in [3.63, 3.8) is 0 Å². The molecule has 1 atom stereocenters. The van der Waals surface area contributed by atoms with Gasteiger partial charge in [0.05, 0.1) is 19.4 Å². The van der Waals surface area contributed by atoms with Crippen LogP contribution >= 0.6 is 15.9 Å². The summed E-state index contributed by atoms with van der Waals surface area (Å²) in [5.74, 6) is -0.165. The van der Waals surface area contributed by atoms with E-state index in [1.165, 1.54) is 0 Å². The maximum Gasteiger partial charge on any atom is 0.262 e. The summed E-state index contributed by atoms with van der Waals surface area (Å²) in [4.78, 5) is 18.9. The largest absolute Gasteiger partial charge is 0.379 e. The first-order valence-electron chi connectivity index (χ1n) is 8.04. The second kappa shape index (κ2) is 8.84. The standard InChI is InChI=1S/C18H19BrN4O2/c19-16-3-1-14(2-4-16)13-21-22-18(24)17(15-5-7-20-8-6-15)23-9-11-25-12-10-23/h1-8,13,17H,9-12H2,(H,22,24). The zero-order chi connectivity index (χ0) is 17.5. The van der Waals surface area contributed by atoms with Gasteiger partial charge in [0, 0.05) is 30.0 Å². The number of nitrogens with one attached hydrogen (secondary N) is 1. The van der Waals surface area contributed by atoms with Crippen LogP contribution < -0.4 is 5.43 Å². The number of rotatable bonds is 5. The molecule has 0 aliphatic carbocycles. The Morgan fingerprint density at radius 2 is 1.88 bits per heavy atom. The van der Waals surface area contributed by atoms with Crippen molar-refractivity contribution < 1.29 is 9.53 Å². The summed E-state index contributed by atoms with van der Waals surface area (Å²) < 4.78 is 6.39. The summed E-state index contributed by atoms with van der Waals surface area (Å²) in [7, 11) is 0. The highest BCUT2D eigenvalue weighted by Crippen LogP contribution is 2.21. The first-order valence-corrected chi connectivity index (χ1v) is 8.83. The number of ether oxygens (including phenoxy) is 1. The number of halogens is 1. The Bertz CT molecular complexity index is 716. The number of hydrazone groups is 1. The van der Waals surface area contributed by atoms with E-state index in [9.17, 15) is 4.79 Å². The molecule has 1 aromatic carbocycles. The van der Waals surface area contributed by atoms with Gasteiger partial charge in [0.2, 0.25) is 0 Å². The van der Waals surface area contributed by atoms with Crippen molar-refractivity contribution in [2.24, 2.45) is 5.10 Å². The minimum Gasteiger partial charge on any atom is -0.379 e. The predicted octanol–water partition coefficient (Wildman–Crippen LogP) is 2.37. The van der Waals surface area contributed by atoms with Crippen LogP contribution in [-0.4, -0.2) is 48.3 Å². The van der Waals surface area contributed by atoms with Gasteiger partial charge in [0.15, 0.2) is 0 Å². The van der Waals surface area contributed by atoms with Gasteiger partial charge in [-0.1, -0.05) is 28.1 Å². The van der Waals surface area contributed by atoms with Crippen LogP contribution in [0.4, 0.5) is 0 Å². The van der Waals surface area contributed by atoms with Gasteiger partial charge < -0.3 is 4.74 Å². The topological polar surface area (TPSA) is 66.8 Å². The van der Waals surface area contributed by atoms with Crippen molar-refractivity contribution in [1.82, 2.24) is 15.3 Å². The van der Waals surface area contributed by atoms with E-state index < -0.39 is 6.04 Å². The second-order valence-electron chi connectivity index (χ2n) is 5.62. The van der Waals surface area contributed by atoms with Crippen molar-refractivity contribution in [3.05, 3.63) is 64.4 Å². The minimum absolute atomic E-state index is 0.165. The summed E-state index contributed by atoms with van der Waals surface area (Å²) in [6.45, 7) is 2.65. The third-order valence-electron chi connectivity index (χ3n) is 3.94. The van der Waals surface area contributed by atoms with E-state index in [0.717, 1.165) is 15.6 Å². The van der Waals surface area contributed by atoms with Gasteiger partial charge in [-0.05, 0) is 35.4 Å². The van der Waals surface area contributed by atoms with Gasteiger partial charge in [-0.25, -0.2) is 5.43 Å². The summed E-state index contributed by atoms with van der Waals surface area (Å²) in [5.41, 5.74) is 4.47. The molecule has 1 amide bonds. The van der Waals surface area contributed by atoms with Crippen LogP contribution in [0.5, 0.6) is 0 Å². The number of carbonyl (C=O) groups is 1. The normalized spacial score (nSPS) is 16.7. The Kier molecular flexibility index (Phi) is 6.27. The molecule has 1 aliphatic rings. The van der Waals surface area contributed by atoms with Crippen LogP contribution in [0.2, 0.25) is 0 Å². The maximum atomic E-state index is 12.8. The number of carbonyl (C=O) groups excluding carboxylic acids is 1. The van der Waals surface area contributed by atoms with E-state index >= 15 is 0 Å². The van der Waals surface area contributed by atoms with Crippen molar-refractivity contribution >= 4 is 28.1 Å². The number of hydrogen-bond acceptors (Lipinski definition) is 5. The van der Waals surface area contributed by atoms with Gasteiger partial charge in [-0.2, -0.15) is 5.10 Å². The molecule has 1 aromatic heterocycles. The van der Waals surface area contributed by atoms with E-state index in [0.29, 0.717) is 26.3 Å². The van der Waals surface area contributed by atoms with Crippen LogP contribution in [0.1, 0.15) is 17.2 Å². The van der Waals surface area contributed by atoms with Crippen molar-refractivity contribution in [1.29, 1.82) is 0 Å². The Balaban J connectivity index is 1.71. The average molecular weight is 403 g/mol. The molecular formula is C18H19BrN4O2. The number of benzene rings is 1. The molecule has 0 saturated carbocycles. The van der Waals surface area contributed by atoms with Gasteiger partial charge in [0.25, 0.3) is 5.91 Å². The molecular weight excluding hydrogens is 384 g/mol. The highest BCUT2D eigenvalue weighted by Gasteiger charge is 2.28. The second-order valence-corrected chi connectivity index (χ2v) is 6.53. The number of nitrogens with zero attached hydrogens (tertiary/aromatic N) is 3. The number of pyridine rings is 1. The molecule has 3 rings (SSSR count). The number of amides is 1. The fraction of sp³-hybridized carbons (Fsp3) is 0.278. The zero-order valence-electron chi connectivity index (χ0n) is 13.6. The molecule has 1 fully saturated rings. The average Bonchev–Trinajstić information content (AvgIpc) is 2.65. The van der Waals surface area contributed by atoms with Crippen LogP contribution in [0.25, 0.3) is 0 Å². The Morgan fingerprint density at radius 1 is 1.20 bits per heavy atom. The van der Waals surface area contributed by atoms with E-state index in [4.69, 9.17) is 4.74 Å². The van der Waals surface area contributed by atoms with Gasteiger partial charge in [-0.3, -0.25) is 14.7 Å². The summed E-state index contributed by atoms with van der Waals surface area (Å²) in [6, 6.07) is 11.0. The molecule has 1 aliphatic heterocycles. The quantitative estimate of drug-likeness (QED) is 0.615. The number of morpholine rings is 1.